The fourth-order valence-corrected chi connectivity index (χ4v) is 2.67. The van der Waals surface area contributed by atoms with E-state index in [4.69, 9.17) is 16.3 Å². The molecule has 0 spiro atoms. The Morgan fingerprint density at radius 2 is 2.24 bits per heavy atom. The van der Waals surface area contributed by atoms with E-state index < -0.39 is 5.60 Å². The zero-order valence-corrected chi connectivity index (χ0v) is 12.9. The fourth-order valence-electron chi connectivity index (χ4n) is 2.45. The molecule has 1 atom stereocenters. The quantitative estimate of drug-likeness (QED) is 0.789. The van der Waals surface area contributed by atoms with Crippen LogP contribution in [-0.4, -0.2) is 43.4 Å². The average Bonchev–Trinajstić information content (AvgIpc) is 2.69. The number of rotatable bonds is 4. The van der Waals surface area contributed by atoms with Gasteiger partial charge in [-0.05, 0) is 50.6 Å². The van der Waals surface area contributed by atoms with Crippen LogP contribution in [0.5, 0.6) is 5.75 Å². The zero-order valence-electron chi connectivity index (χ0n) is 12.1. The summed E-state index contributed by atoms with van der Waals surface area (Å²) in [6.07, 6.45) is 2.21. The Morgan fingerprint density at radius 3 is 3.00 bits per heavy atom. The minimum Gasteiger partial charge on any atom is -0.497 e. The van der Waals surface area contributed by atoms with Gasteiger partial charge in [0.2, 0.25) is 0 Å². The number of carbonyl (C=O) groups excluding carboxylic acids is 1. The van der Waals surface area contributed by atoms with Crippen LogP contribution < -0.4 is 15.4 Å². The highest BCUT2D eigenvalue weighted by Gasteiger charge is 2.28. The maximum Gasteiger partial charge on any atom is 0.251 e. The number of nitrogens with one attached hydrogen (secondary N) is 2. The summed E-state index contributed by atoms with van der Waals surface area (Å²) < 4.78 is 5.09. The molecular weight excluding hydrogens is 292 g/mol. The largest absolute Gasteiger partial charge is 0.497 e. The first-order chi connectivity index (χ1) is 10.0. The molecule has 3 N–H and O–H groups in total. The average molecular weight is 313 g/mol. The van der Waals surface area contributed by atoms with Gasteiger partial charge in [0, 0.05) is 17.1 Å². The number of ether oxygens (including phenoxy) is 1. The van der Waals surface area contributed by atoms with Crippen molar-refractivity contribution >= 4 is 17.5 Å². The third-order valence-corrected chi connectivity index (χ3v) is 3.93. The molecule has 0 aliphatic carbocycles. The summed E-state index contributed by atoms with van der Waals surface area (Å²) in [7, 11) is 1.52. The van der Waals surface area contributed by atoms with Crippen LogP contribution in [0, 0.1) is 0 Å². The number of hydrogen-bond donors (Lipinski definition) is 3. The van der Waals surface area contributed by atoms with Crippen molar-refractivity contribution in [3.05, 3.63) is 28.8 Å². The van der Waals surface area contributed by atoms with Gasteiger partial charge in [0.1, 0.15) is 5.75 Å². The molecule has 0 radical (unpaired) electrons. The van der Waals surface area contributed by atoms with E-state index in [-0.39, 0.29) is 12.5 Å². The van der Waals surface area contributed by atoms with Gasteiger partial charge in [-0.15, -0.1) is 0 Å². The van der Waals surface area contributed by atoms with Crippen LogP contribution in [0.15, 0.2) is 18.2 Å². The van der Waals surface area contributed by atoms with E-state index in [0.717, 1.165) is 19.5 Å². The van der Waals surface area contributed by atoms with Crippen molar-refractivity contribution in [2.75, 3.05) is 26.7 Å². The van der Waals surface area contributed by atoms with Gasteiger partial charge in [-0.1, -0.05) is 11.6 Å². The number of carbonyl (C=O) groups is 1. The number of halogens is 1. The Morgan fingerprint density at radius 1 is 1.43 bits per heavy atom. The van der Waals surface area contributed by atoms with Crippen molar-refractivity contribution in [2.45, 2.75) is 24.9 Å². The topological polar surface area (TPSA) is 70.6 Å². The van der Waals surface area contributed by atoms with E-state index in [2.05, 4.69) is 10.6 Å². The summed E-state index contributed by atoms with van der Waals surface area (Å²) in [5, 5.41) is 17.0. The van der Waals surface area contributed by atoms with Crippen LogP contribution in [0.3, 0.4) is 0 Å². The molecule has 0 saturated carbocycles. The van der Waals surface area contributed by atoms with Crippen molar-refractivity contribution in [1.82, 2.24) is 10.6 Å². The molecule has 1 aliphatic rings. The molecule has 21 heavy (non-hydrogen) atoms. The van der Waals surface area contributed by atoms with Crippen molar-refractivity contribution in [2.24, 2.45) is 0 Å². The molecule has 1 saturated heterocycles. The van der Waals surface area contributed by atoms with Gasteiger partial charge < -0.3 is 20.5 Å². The van der Waals surface area contributed by atoms with Gasteiger partial charge in [0.05, 0.1) is 12.7 Å². The second-order valence-electron chi connectivity index (χ2n) is 5.39. The van der Waals surface area contributed by atoms with E-state index in [9.17, 15) is 9.90 Å². The van der Waals surface area contributed by atoms with Crippen molar-refractivity contribution in [3.63, 3.8) is 0 Å². The molecule has 6 heteroatoms. The molecular formula is C15H21ClN2O3. The first-order valence-electron chi connectivity index (χ1n) is 7.08. The predicted octanol–water partition coefficient (Wildman–Crippen LogP) is 1.58. The maximum absolute atomic E-state index is 12.2. The van der Waals surface area contributed by atoms with E-state index in [1.165, 1.54) is 7.11 Å². The third-order valence-electron chi connectivity index (χ3n) is 3.71. The lowest BCUT2D eigenvalue weighted by atomic mass is 9.95. The first-order valence-corrected chi connectivity index (χ1v) is 7.46. The van der Waals surface area contributed by atoms with Crippen LogP contribution in [0.4, 0.5) is 0 Å². The molecule has 0 bridgehead atoms. The number of methoxy groups -OCH3 is 1. The molecule has 116 valence electrons. The fraction of sp³-hybridized carbons (Fsp3) is 0.533. The summed E-state index contributed by atoms with van der Waals surface area (Å²) in [5.74, 6) is 0.270. The molecule has 2 rings (SSSR count). The molecule has 0 unspecified atom stereocenters. The van der Waals surface area contributed by atoms with Gasteiger partial charge in [0.15, 0.2) is 0 Å². The summed E-state index contributed by atoms with van der Waals surface area (Å²) in [6.45, 7) is 1.90. The lowest BCUT2D eigenvalue weighted by Crippen LogP contribution is -2.43. The Balaban J connectivity index is 1.99. The SMILES string of the molecule is COc1cc(Cl)cc(C(=O)NC[C@@]2(O)CCCNCC2)c1. The lowest BCUT2D eigenvalue weighted by Gasteiger charge is -2.26. The van der Waals surface area contributed by atoms with Crippen molar-refractivity contribution in [1.29, 1.82) is 0 Å². The van der Waals surface area contributed by atoms with Gasteiger partial charge in [-0.25, -0.2) is 0 Å². The molecule has 1 fully saturated rings. The van der Waals surface area contributed by atoms with E-state index in [1.54, 1.807) is 18.2 Å². The standard InChI is InChI=1S/C15H21ClN2O3/c1-21-13-8-11(7-12(16)9-13)14(19)18-10-15(20)3-2-5-17-6-4-15/h7-9,17,20H,2-6,10H2,1H3,(H,18,19)/t15-/m1/s1. The second-order valence-corrected chi connectivity index (χ2v) is 5.83. The summed E-state index contributed by atoms with van der Waals surface area (Å²) in [6, 6.07) is 4.85. The highest BCUT2D eigenvalue weighted by Crippen LogP contribution is 2.22. The number of hydrogen-bond acceptors (Lipinski definition) is 4. The van der Waals surface area contributed by atoms with Crippen LogP contribution in [-0.2, 0) is 0 Å². The Bertz CT molecular complexity index is 500. The van der Waals surface area contributed by atoms with Crippen LogP contribution in [0.25, 0.3) is 0 Å². The van der Waals surface area contributed by atoms with Crippen molar-refractivity contribution in [3.8, 4) is 5.75 Å². The van der Waals surface area contributed by atoms with Crippen LogP contribution >= 0.6 is 11.6 Å². The summed E-state index contributed by atoms with van der Waals surface area (Å²) >= 11 is 5.95. The Labute approximate surface area is 129 Å². The highest BCUT2D eigenvalue weighted by molar-refractivity contribution is 6.31. The molecule has 5 nitrogen and oxygen atoms in total. The molecule has 1 aromatic rings. The smallest absolute Gasteiger partial charge is 0.251 e. The number of aliphatic hydroxyl groups is 1. The van der Waals surface area contributed by atoms with Crippen LogP contribution in [0.1, 0.15) is 29.6 Å². The summed E-state index contributed by atoms with van der Waals surface area (Å²) in [4.78, 5) is 12.2. The van der Waals surface area contributed by atoms with Gasteiger partial charge in [-0.3, -0.25) is 4.79 Å². The van der Waals surface area contributed by atoms with Gasteiger partial charge in [-0.2, -0.15) is 0 Å². The third kappa shape index (κ3) is 4.59. The van der Waals surface area contributed by atoms with E-state index in [1.807, 2.05) is 0 Å². The minimum atomic E-state index is -0.845. The number of benzene rings is 1. The predicted molar refractivity (Wildman–Crippen MR) is 82.0 cm³/mol. The van der Waals surface area contributed by atoms with Crippen molar-refractivity contribution < 1.29 is 14.6 Å². The Kier molecular flexibility index (Phi) is 5.45. The van der Waals surface area contributed by atoms with Crippen LogP contribution in [0.2, 0.25) is 5.02 Å². The summed E-state index contributed by atoms with van der Waals surface area (Å²) in [5.41, 5.74) is -0.420. The molecule has 1 aliphatic heterocycles. The lowest BCUT2D eigenvalue weighted by molar-refractivity contribution is 0.0276. The zero-order chi connectivity index (χ0) is 15.3. The molecule has 1 aromatic carbocycles. The van der Waals surface area contributed by atoms with E-state index >= 15 is 0 Å². The molecule has 1 heterocycles. The van der Waals surface area contributed by atoms with Gasteiger partial charge >= 0.3 is 0 Å². The minimum absolute atomic E-state index is 0.238. The maximum atomic E-state index is 12.2. The highest BCUT2D eigenvalue weighted by atomic mass is 35.5. The normalized spacial score (nSPS) is 22.4. The molecule has 0 aromatic heterocycles. The monoisotopic (exact) mass is 312 g/mol. The number of amides is 1. The second kappa shape index (κ2) is 7.11. The first kappa shape index (κ1) is 16.1. The van der Waals surface area contributed by atoms with E-state index in [0.29, 0.717) is 29.2 Å². The van der Waals surface area contributed by atoms with Gasteiger partial charge in [0.25, 0.3) is 5.91 Å². The Hall–Kier alpha value is -1.30. The molecule has 1 amide bonds.